The van der Waals surface area contributed by atoms with Crippen molar-refractivity contribution in [1.29, 1.82) is 0 Å². The third-order valence-corrected chi connectivity index (χ3v) is 3.42. The number of carbonyl (C=O) groups excluding carboxylic acids is 1. The van der Waals surface area contributed by atoms with Crippen LogP contribution in [0.15, 0.2) is 0 Å². The maximum Gasteiger partial charge on any atom is 0.312 e. The molecule has 0 aromatic heterocycles. The largest absolute Gasteiger partial charge is 0.469 e. The van der Waals surface area contributed by atoms with Crippen LogP contribution in [0.2, 0.25) is 0 Å². The van der Waals surface area contributed by atoms with Crippen LogP contribution in [0.1, 0.15) is 40.0 Å². The van der Waals surface area contributed by atoms with Gasteiger partial charge in [-0.2, -0.15) is 0 Å². The summed E-state index contributed by atoms with van der Waals surface area (Å²) in [5, 5.41) is 3.38. The Morgan fingerprint density at radius 3 is 2.47 bits per heavy atom. The lowest BCUT2D eigenvalue weighted by atomic mass is 9.70. The lowest BCUT2D eigenvalue weighted by Gasteiger charge is -2.39. The minimum absolute atomic E-state index is 0.145. The third kappa shape index (κ3) is 3.20. The lowest BCUT2D eigenvalue weighted by Crippen LogP contribution is -2.43. The van der Waals surface area contributed by atoms with E-state index in [0.717, 1.165) is 6.54 Å². The standard InChI is InChI=1S/C12H23NO2/c1-11(2,10(14)15-4)8-13-9-12(3)6-5-7-12/h13H,5-9H2,1-4H3. The molecule has 0 aromatic rings. The van der Waals surface area contributed by atoms with E-state index in [-0.39, 0.29) is 5.97 Å². The number of carbonyl (C=O) groups is 1. The molecule has 0 aromatic carbocycles. The Kier molecular flexibility index (Phi) is 3.77. The van der Waals surface area contributed by atoms with Crippen molar-refractivity contribution in [2.45, 2.75) is 40.0 Å². The van der Waals surface area contributed by atoms with Crippen LogP contribution in [-0.4, -0.2) is 26.2 Å². The minimum atomic E-state index is -0.422. The van der Waals surface area contributed by atoms with Gasteiger partial charge < -0.3 is 10.1 Å². The molecular weight excluding hydrogens is 190 g/mol. The van der Waals surface area contributed by atoms with Gasteiger partial charge in [0.1, 0.15) is 0 Å². The van der Waals surface area contributed by atoms with Gasteiger partial charge in [0.15, 0.2) is 0 Å². The highest BCUT2D eigenvalue weighted by Gasteiger charge is 2.33. The second-order valence-electron chi connectivity index (χ2n) is 5.64. The molecule has 1 N–H and O–H groups in total. The molecule has 3 nitrogen and oxygen atoms in total. The van der Waals surface area contributed by atoms with E-state index in [9.17, 15) is 4.79 Å². The molecule has 0 atom stereocenters. The zero-order valence-corrected chi connectivity index (χ0v) is 10.4. The second kappa shape index (κ2) is 4.52. The molecule has 0 amide bonds. The van der Waals surface area contributed by atoms with Gasteiger partial charge in [-0.1, -0.05) is 13.3 Å². The van der Waals surface area contributed by atoms with E-state index in [0.29, 0.717) is 12.0 Å². The molecule has 0 spiro atoms. The average molecular weight is 213 g/mol. The molecule has 1 aliphatic carbocycles. The number of ether oxygens (including phenoxy) is 1. The first-order valence-electron chi connectivity index (χ1n) is 5.69. The van der Waals surface area contributed by atoms with E-state index in [1.165, 1.54) is 26.4 Å². The van der Waals surface area contributed by atoms with Crippen LogP contribution in [0, 0.1) is 10.8 Å². The quantitative estimate of drug-likeness (QED) is 0.710. The average Bonchev–Trinajstić information content (AvgIpc) is 2.13. The topological polar surface area (TPSA) is 38.3 Å². The Balaban J connectivity index is 2.26. The molecule has 0 aliphatic heterocycles. The number of nitrogens with one attached hydrogen (secondary N) is 1. The van der Waals surface area contributed by atoms with E-state index < -0.39 is 5.41 Å². The minimum Gasteiger partial charge on any atom is -0.469 e. The van der Waals surface area contributed by atoms with Crippen molar-refractivity contribution in [2.24, 2.45) is 10.8 Å². The summed E-state index contributed by atoms with van der Waals surface area (Å²) >= 11 is 0. The summed E-state index contributed by atoms with van der Waals surface area (Å²) in [6.07, 6.45) is 3.95. The molecule has 1 fully saturated rings. The van der Waals surface area contributed by atoms with E-state index in [1.807, 2.05) is 13.8 Å². The second-order valence-corrected chi connectivity index (χ2v) is 5.64. The van der Waals surface area contributed by atoms with E-state index in [2.05, 4.69) is 12.2 Å². The Hall–Kier alpha value is -0.570. The maximum atomic E-state index is 11.4. The Morgan fingerprint density at radius 2 is 2.07 bits per heavy atom. The van der Waals surface area contributed by atoms with E-state index >= 15 is 0 Å². The van der Waals surface area contributed by atoms with Crippen molar-refractivity contribution in [2.75, 3.05) is 20.2 Å². The van der Waals surface area contributed by atoms with Crippen molar-refractivity contribution in [3.63, 3.8) is 0 Å². The van der Waals surface area contributed by atoms with Gasteiger partial charge in [0.2, 0.25) is 0 Å². The number of methoxy groups -OCH3 is 1. The summed E-state index contributed by atoms with van der Waals surface area (Å²) in [7, 11) is 1.44. The highest BCUT2D eigenvalue weighted by molar-refractivity contribution is 5.76. The molecule has 15 heavy (non-hydrogen) atoms. The van der Waals surface area contributed by atoms with Crippen molar-refractivity contribution in [1.82, 2.24) is 5.32 Å². The summed E-state index contributed by atoms with van der Waals surface area (Å²) in [5.41, 5.74) is 0.0427. The summed E-state index contributed by atoms with van der Waals surface area (Å²) < 4.78 is 4.76. The van der Waals surface area contributed by atoms with Crippen molar-refractivity contribution >= 4 is 5.97 Å². The van der Waals surface area contributed by atoms with Crippen LogP contribution in [0.5, 0.6) is 0 Å². The Bertz CT molecular complexity index is 232. The molecule has 88 valence electrons. The van der Waals surface area contributed by atoms with Crippen LogP contribution in [0.3, 0.4) is 0 Å². The number of hydrogen-bond donors (Lipinski definition) is 1. The van der Waals surface area contributed by atoms with E-state index in [4.69, 9.17) is 4.74 Å². The molecular formula is C12H23NO2. The fraction of sp³-hybridized carbons (Fsp3) is 0.917. The van der Waals surface area contributed by atoms with Gasteiger partial charge in [0, 0.05) is 13.1 Å². The number of esters is 1. The molecule has 0 heterocycles. The third-order valence-electron chi connectivity index (χ3n) is 3.42. The Labute approximate surface area is 92.6 Å². The summed E-state index contributed by atoms with van der Waals surface area (Å²) in [4.78, 5) is 11.4. The first-order valence-corrected chi connectivity index (χ1v) is 5.69. The lowest BCUT2D eigenvalue weighted by molar-refractivity contribution is -0.150. The van der Waals surface area contributed by atoms with E-state index in [1.54, 1.807) is 0 Å². The molecule has 0 radical (unpaired) electrons. The predicted octanol–water partition coefficient (Wildman–Crippen LogP) is 1.97. The van der Waals surface area contributed by atoms with Crippen LogP contribution in [0.4, 0.5) is 0 Å². The normalized spacial score (nSPS) is 19.5. The molecule has 0 unspecified atom stereocenters. The monoisotopic (exact) mass is 213 g/mol. The summed E-state index contributed by atoms with van der Waals surface area (Å²) in [6.45, 7) is 7.82. The van der Waals surface area contributed by atoms with Crippen molar-refractivity contribution in [3.05, 3.63) is 0 Å². The number of rotatable bonds is 5. The van der Waals surface area contributed by atoms with Crippen molar-refractivity contribution < 1.29 is 9.53 Å². The maximum absolute atomic E-state index is 11.4. The van der Waals surface area contributed by atoms with Crippen LogP contribution in [-0.2, 0) is 9.53 Å². The summed E-state index contributed by atoms with van der Waals surface area (Å²) in [6, 6.07) is 0. The smallest absolute Gasteiger partial charge is 0.312 e. The van der Waals surface area contributed by atoms with Gasteiger partial charge in [0.25, 0.3) is 0 Å². The molecule has 0 saturated heterocycles. The molecule has 0 bridgehead atoms. The molecule has 1 aliphatic rings. The van der Waals surface area contributed by atoms with Crippen LogP contribution < -0.4 is 5.32 Å². The zero-order valence-electron chi connectivity index (χ0n) is 10.4. The predicted molar refractivity (Wildman–Crippen MR) is 60.6 cm³/mol. The molecule has 3 heteroatoms. The fourth-order valence-corrected chi connectivity index (χ4v) is 1.98. The first kappa shape index (κ1) is 12.5. The SMILES string of the molecule is COC(=O)C(C)(C)CNCC1(C)CCC1. The highest BCUT2D eigenvalue weighted by Crippen LogP contribution is 2.39. The summed E-state index contributed by atoms with van der Waals surface area (Å²) in [5.74, 6) is -0.145. The van der Waals surface area contributed by atoms with Crippen LogP contribution in [0.25, 0.3) is 0 Å². The number of hydrogen-bond acceptors (Lipinski definition) is 3. The zero-order chi connectivity index (χ0) is 11.5. The van der Waals surface area contributed by atoms with Gasteiger partial charge >= 0.3 is 5.97 Å². The van der Waals surface area contributed by atoms with Gasteiger partial charge in [-0.05, 0) is 32.1 Å². The highest BCUT2D eigenvalue weighted by atomic mass is 16.5. The molecule has 1 saturated carbocycles. The van der Waals surface area contributed by atoms with Crippen LogP contribution >= 0.6 is 0 Å². The van der Waals surface area contributed by atoms with Crippen molar-refractivity contribution in [3.8, 4) is 0 Å². The molecule has 1 rings (SSSR count). The van der Waals surface area contributed by atoms with Gasteiger partial charge in [-0.15, -0.1) is 0 Å². The van der Waals surface area contributed by atoms with Gasteiger partial charge in [-0.25, -0.2) is 0 Å². The Morgan fingerprint density at radius 1 is 1.47 bits per heavy atom. The fourth-order valence-electron chi connectivity index (χ4n) is 1.98. The van der Waals surface area contributed by atoms with Gasteiger partial charge in [-0.3, -0.25) is 4.79 Å². The first-order chi connectivity index (χ1) is 6.90. The van der Waals surface area contributed by atoms with Gasteiger partial charge in [0.05, 0.1) is 12.5 Å².